The van der Waals surface area contributed by atoms with Crippen molar-refractivity contribution in [2.75, 3.05) is 30.4 Å². The summed E-state index contributed by atoms with van der Waals surface area (Å²) < 4.78 is 1.76. The van der Waals surface area contributed by atoms with Crippen LogP contribution in [0.5, 0.6) is 0 Å². The van der Waals surface area contributed by atoms with Crippen LogP contribution in [-0.2, 0) is 10.4 Å². The molecule has 2 amide bonds. The van der Waals surface area contributed by atoms with Gasteiger partial charge in [0.15, 0.2) is 5.65 Å². The van der Waals surface area contributed by atoms with E-state index in [4.69, 9.17) is 0 Å². The molecule has 0 bridgehead atoms. The summed E-state index contributed by atoms with van der Waals surface area (Å²) in [5, 5.41) is 20.3. The van der Waals surface area contributed by atoms with Crippen LogP contribution in [0.3, 0.4) is 0 Å². The Morgan fingerprint density at radius 1 is 1.18 bits per heavy atom. The molecule has 33 heavy (non-hydrogen) atoms. The molecule has 3 N–H and O–H groups in total. The predicted molar refractivity (Wildman–Crippen MR) is 126 cm³/mol. The fourth-order valence-corrected chi connectivity index (χ4v) is 4.18. The third kappa shape index (κ3) is 4.83. The van der Waals surface area contributed by atoms with Gasteiger partial charge < -0.3 is 20.6 Å². The van der Waals surface area contributed by atoms with Gasteiger partial charge in [0.2, 0.25) is 5.91 Å². The number of aliphatic hydroxyl groups is 1. The molecule has 1 aromatic carbocycles. The van der Waals surface area contributed by atoms with Crippen molar-refractivity contribution in [3.8, 4) is 0 Å². The summed E-state index contributed by atoms with van der Waals surface area (Å²) in [4.78, 5) is 31.8. The van der Waals surface area contributed by atoms with E-state index in [1.165, 1.54) is 0 Å². The zero-order valence-corrected chi connectivity index (χ0v) is 19.4. The van der Waals surface area contributed by atoms with Crippen molar-refractivity contribution in [1.29, 1.82) is 0 Å². The van der Waals surface area contributed by atoms with E-state index in [2.05, 4.69) is 25.6 Å². The fourth-order valence-electron chi connectivity index (χ4n) is 4.18. The number of anilines is 2. The van der Waals surface area contributed by atoms with Gasteiger partial charge in [-0.05, 0) is 51.3 Å². The highest BCUT2D eigenvalue weighted by atomic mass is 16.3. The number of rotatable bonds is 5. The van der Waals surface area contributed by atoms with Gasteiger partial charge in [0.05, 0.1) is 17.2 Å². The van der Waals surface area contributed by atoms with Gasteiger partial charge in [-0.15, -0.1) is 0 Å². The molecule has 174 valence electrons. The molecule has 1 atom stereocenters. The third-order valence-electron chi connectivity index (χ3n) is 5.99. The molecule has 3 heterocycles. The van der Waals surface area contributed by atoms with Crippen LogP contribution in [0.1, 0.15) is 48.3 Å². The lowest BCUT2D eigenvalue weighted by Gasteiger charge is -2.33. The molecule has 0 unspecified atom stereocenters. The number of hydrogen-bond donors (Lipinski definition) is 3. The molecule has 0 aliphatic carbocycles. The predicted octanol–water partition coefficient (Wildman–Crippen LogP) is 2.48. The van der Waals surface area contributed by atoms with E-state index in [-0.39, 0.29) is 17.7 Å². The van der Waals surface area contributed by atoms with E-state index < -0.39 is 5.60 Å². The number of benzene rings is 1. The van der Waals surface area contributed by atoms with Crippen LogP contribution in [0.2, 0.25) is 0 Å². The summed E-state index contributed by atoms with van der Waals surface area (Å²) in [5.74, 6) is 0.837. The Hall–Kier alpha value is -3.46. The van der Waals surface area contributed by atoms with Crippen molar-refractivity contribution in [3.63, 3.8) is 0 Å². The number of amides is 2. The van der Waals surface area contributed by atoms with Crippen molar-refractivity contribution in [2.45, 2.75) is 39.2 Å². The highest BCUT2D eigenvalue weighted by Gasteiger charge is 2.27. The van der Waals surface area contributed by atoms with E-state index in [9.17, 15) is 14.7 Å². The van der Waals surface area contributed by atoms with Crippen LogP contribution in [0, 0.1) is 12.8 Å². The normalized spacial score (nSPS) is 16.6. The summed E-state index contributed by atoms with van der Waals surface area (Å²) in [6.45, 7) is 6.66. The maximum absolute atomic E-state index is 12.9. The minimum absolute atomic E-state index is 0.0321. The van der Waals surface area contributed by atoms with Crippen LogP contribution in [0.25, 0.3) is 5.65 Å². The largest absolute Gasteiger partial charge is 0.386 e. The first kappa shape index (κ1) is 22.7. The van der Waals surface area contributed by atoms with E-state index in [1.807, 2.05) is 13.0 Å². The molecule has 4 rings (SSSR count). The standard InChI is InChI=1S/C24H30N6O3/c1-15-12-20-26-19(27-23(32)16-7-9-18(10-8-16)24(2,3)33)13-21(30(20)28-15)29-11-5-6-17(14-29)22(31)25-4/h7-10,12-13,17,33H,5-6,11,14H2,1-4H3,(H,25,31)(H,26,27,32)/t17-/m1/s1. The summed E-state index contributed by atoms with van der Waals surface area (Å²) in [5.41, 5.74) is 1.66. The van der Waals surface area contributed by atoms with E-state index in [0.29, 0.717) is 23.6 Å². The Kier molecular flexibility index (Phi) is 6.07. The zero-order chi connectivity index (χ0) is 23.8. The summed E-state index contributed by atoms with van der Waals surface area (Å²) in [6.07, 6.45) is 1.73. The number of hydrogen-bond acceptors (Lipinski definition) is 6. The van der Waals surface area contributed by atoms with Gasteiger partial charge in [0.25, 0.3) is 5.91 Å². The molecule has 1 aliphatic rings. The van der Waals surface area contributed by atoms with Gasteiger partial charge >= 0.3 is 0 Å². The van der Waals surface area contributed by atoms with Gasteiger partial charge in [-0.25, -0.2) is 4.98 Å². The van der Waals surface area contributed by atoms with Crippen LogP contribution < -0.4 is 15.5 Å². The van der Waals surface area contributed by atoms with Crippen molar-refractivity contribution < 1.29 is 14.7 Å². The van der Waals surface area contributed by atoms with Crippen LogP contribution in [-0.4, -0.2) is 51.7 Å². The van der Waals surface area contributed by atoms with Crippen LogP contribution in [0.4, 0.5) is 11.6 Å². The van der Waals surface area contributed by atoms with Crippen molar-refractivity contribution in [3.05, 3.63) is 53.2 Å². The molecule has 0 radical (unpaired) electrons. The van der Waals surface area contributed by atoms with Gasteiger partial charge in [-0.2, -0.15) is 9.61 Å². The first-order valence-corrected chi connectivity index (χ1v) is 11.1. The number of carbonyl (C=O) groups is 2. The van der Waals surface area contributed by atoms with Gasteiger partial charge in [0, 0.05) is 37.8 Å². The Labute approximate surface area is 192 Å². The van der Waals surface area contributed by atoms with Gasteiger partial charge in [-0.1, -0.05) is 12.1 Å². The molecule has 2 aromatic heterocycles. The summed E-state index contributed by atoms with van der Waals surface area (Å²) in [7, 11) is 1.66. The van der Waals surface area contributed by atoms with Crippen molar-refractivity contribution in [2.24, 2.45) is 5.92 Å². The average molecular weight is 451 g/mol. The second-order valence-electron chi connectivity index (χ2n) is 9.05. The minimum Gasteiger partial charge on any atom is -0.386 e. The molecule has 0 spiro atoms. The number of aryl methyl sites for hydroxylation is 1. The molecule has 1 fully saturated rings. The lowest BCUT2D eigenvalue weighted by molar-refractivity contribution is -0.124. The van der Waals surface area contributed by atoms with Crippen molar-refractivity contribution >= 4 is 29.1 Å². The monoisotopic (exact) mass is 450 g/mol. The maximum Gasteiger partial charge on any atom is 0.256 e. The molecule has 0 saturated carbocycles. The Balaban J connectivity index is 1.62. The summed E-state index contributed by atoms with van der Waals surface area (Å²) >= 11 is 0. The van der Waals surface area contributed by atoms with Crippen molar-refractivity contribution in [1.82, 2.24) is 19.9 Å². The Bertz CT molecular complexity index is 1180. The number of carbonyl (C=O) groups excluding carboxylic acids is 2. The number of nitrogens with zero attached hydrogens (tertiary/aromatic N) is 4. The Morgan fingerprint density at radius 3 is 2.58 bits per heavy atom. The quantitative estimate of drug-likeness (QED) is 0.551. The van der Waals surface area contributed by atoms with E-state index in [1.54, 1.807) is 55.7 Å². The number of fused-ring (bicyclic) bond motifs is 1. The number of nitrogens with one attached hydrogen (secondary N) is 2. The average Bonchev–Trinajstić information content (AvgIpc) is 3.17. The number of aromatic nitrogens is 3. The van der Waals surface area contributed by atoms with Gasteiger partial charge in [0.1, 0.15) is 11.6 Å². The van der Waals surface area contributed by atoms with Gasteiger partial charge in [-0.3, -0.25) is 9.59 Å². The first-order valence-electron chi connectivity index (χ1n) is 11.1. The maximum atomic E-state index is 12.9. The lowest BCUT2D eigenvalue weighted by atomic mass is 9.97. The highest BCUT2D eigenvalue weighted by Crippen LogP contribution is 2.27. The SMILES string of the molecule is CNC(=O)[C@@H]1CCCN(c2cc(NC(=O)c3ccc(C(C)(C)O)cc3)nc3cc(C)nn23)C1. The molecule has 3 aromatic rings. The highest BCUT2D eigenvalue weighted by molar-refractivity contribution is 6.04. The van der Waals surface area contributed by atoms with Crippen LogP contribution >= 0.6 is 0 Å². The van der Waals surface area contributed by atoms with Crippen LogP contribution in [0.15, 0.2) is 36.4 Å². The second-order valence-corrected chi connectivity index (χ2v) is 9.05. The topological polar surface area (TPSA) is 112 Å². The molecule has 1 saturated heterocycles. The number of piperidine rings is 1. The molecular weight excluding hydrogens is 420 g/mol. The Morgan fingerprint density at radius 2 is 1.91 bits per heavy atom. The lowest BCUT2D eigenvalue weighted by Crippen LogP contribution is -2.43. The molecular formula is C24H30N6O3. The fraction of sp³-hybridized carbons (Fsp3) is 0.417. The molecule has 1 aliphatic heterocycles. The molecule has 9 nitrogen and oxygen atoms in total. The van der Waals surface area contributed by atoms with E-state index >= 15 is 0 Å². The summed E-state index contributed by atoms with van der Waals surface area (Å²) in [6, 6.07) is 10.5. The minimum atomic E-state index is -0.975. The zero-order valence-electron chi connectivity index (χ0n) is 19.4. The second kappa shape index (κ2) is 8.82. The smallest absolute Gasteiger partial charge is 0.256 e. The first-order chi connectivity index (χ1) is 15.7. The van der Waals surface area contributed by atoms with E-state index in [0.717, 1.165) is 36.5 Å². The molecule has 9 heteroatoms. The third-order valence-corrected chi connectivity index (χ3v) is 5.99.